The molecule has 0 amide bonds. The van der Waals surface area contributed by atoms with Gasteiger partial charge in [-0.05, 0) is 35.2 Å². The van der Waals surface area contributed by atoms with Crippen molar-refractivity contribution in [1.82, 2.24) is 9.38 Å². The molecule has 21 heavy (non-hydrogen) atoms. The highest BCUT2D eigenvalue weighted by atomic mass is 16.3. The zero-order valence-electron chi connectivity index (χ0n) is 12.4. The number of imidazole rings is 1. The summed E-state index contributed by atoms with van der Waals surface area (Å²) in [4.78, 5) is 15.8. The molecule has 0 aliphatic heterocycles. The number of rotatable bonds is 3. The average Bonchev–Trinajstić information content (AvgIpc) is 2.87. The van der Waals surface area contributed by atoms with E-state index in [0.717, 1.165) is 16.8 Å². The van der Waals surface area contributed by atoms with Gasteiger partial charge < -0.3 is 0 Å². The Morgan fingerprint density at radius 2 is 1.86 bits per heavy atom. The van der Waals surface area contributed by atoms with Crippen molar-refractivity contribution >= 4 is 11.5 Å². The Hall–Kier alpha value is -2.49. The van der Waals surface area contributed by atoms with Crippen LogP contribution >= 0.6 is 0 Å². The summed E-state index contributed by atoms with van der Waals surface area (Å²) in [6.07, 6.45) is 1.82. The highest BCUT2D eigenvalue weighted by Gasteiger charge is 2.15. The van der Waals surface area contributed by atoms with E-state index in [-0.39, 0.29) is 0 Å². The third kappa shape index (κ3) is 2.23. The molecule has 0 spiro atoms. The second kappa shape index (κ2) is 5.13. The fraction of sp³-hybridized carbons (Fsp3) is 0.235. The second-order valence-corrected chi connectivity index (χ2v) is 5.54. The molecular weight excluding hydrogens is 262 g/mol. The summed E-state index contributed by atoms with van der Waals surface area (Å²) in [5.74, 6) is 0.831. The molecule has 106 valence electrons. The summed E-state index contributed by atoms with van der Waals surface area (Å²) in [5, 5.41) is 3.18. The summed E-state index contributed by atoms with van der Waals surface area (Å²) in [6.45, 7) is 6.28. The highest BCUT2D eigenvalue weighted by molar-refractivity contribution is 5.75. The number of benzene rings is 1. The summed E-state index contributed by atoms with van der Waals surface area (Å²) in [5.41, 5.74) is 4.61. The molecule has 2 heterocycles. The standard InChI is InChI=1S/C17H17N3O/c1-11(2)13-6-8-14(9-7-13)15-17(19-21)20-10-4-5-12(3)16(20)18-15/h4-11H,1-3H3. The second-order valence-electron chi connectivity index (χ2n) is 5.54. The largest absolute Gasteiger partial charge is 0.281 e. The Balaban J connectivity index is 2.20. The molecular formula is C17H17N3O. The van der Waals surface area contributed by atoms with Gasteiger partial charge in [-0.15, -0.1) is 4.91 Å². The van der Waals surface area contributed by atoms with Gasteiger partial charge in [-0.1, -0.05) is 44.2 Å². The molecule has 2 aromatic heterocycles. The molecule has 3 rings (SSSR count). The maximum atomic E-state index is 11.3. The van der Waals surface area contributed by atoms with E-state index in [1.54, 1.807) is 4.40 Å². The van der Waals surface area contributed by atoms with Crippen LogP contribution < -0.4 is 0 Å². The average molecular weight is 279 g/mol. The Labute approximate surface area is 123 Å². The van der Waals surface area contributed by atoms with Crippen LogP contribution in [0.25, 0.3) is 16.9 Å². The molecule has 3 aromatic rings. The number of aromatic nitrogens is 2. The van der Waals surface area contributed by atoms with Gasteiger partial charge in [0.25, 0.3) is 0 Å². The maximum Gasteiger partial charge on any atom is 0.209 e. The van der Waals surface area contributed by atoms with E-state index < -0.39 is 0 Å². The van der Waals surface area contributed by atoms with Crippen LogP contribution in [0.3, 0.4) is 0 Å². The zero-order chi connectivity index (χ0) is 15.0. The normalized spacial score (nSPS) is 11.2. The molecule has 0 saturated carbocycles. The summed E-state index contributed by atoms with van der Waals surface area (Å²) >= 11 is 0. The van der Waals surface area contributed by atoms with Crippen molar-refractivity contribution in [3.05, 3.63) is 58.6 Å². The van der Waals surface area contributed by atoms with E-state index in [0.29, 0.717) is 17.4 Å². The molecule has 0 atom stereocenters. The number of hydrogen-bond acceptors (Lipinski definition) is 3. The van der Waals surface area contributed by atoms with Crippen LogP contribution in [-0.2, 0) is 0 Å². The van der Waals surface area contributed by atoms with Gasteiger partial charge in [0.15, 0.2) is 0 Å². The number of aryl methyl sites for hydroxylation is 1. The lowest BCUT2D eigenvalue weighted by atomic mass is 10.0. The van der Waals surface area contributed by atoms with Crippen molar-refractivity contribution in [3.63, 3.8) is 0 Å². The van der Waals surface area contributed by atoms with Crippen LogP contribution in [0.5, 0.6) is 0 Å². The summed E-state index contributed by atoms with van der Waals surface area (Å²) in [7, 11) is 0. The van der Waals surface area contributed by atoms with Crippen LogP contribution in [0.1, 0.15) is 30.9 Å². The smallest absolute Gasteiger partial charge is 0.209 e. The Morgan fingerprint density at radius 3 is 2.48 bits per heavy atom. The van der Waals surface area contributed by atoms with Gasteiger partial charge in [-0.3, -0.25) is 4.40 Å². The molecule has 4 nitrogen and oxygen atoms in total. The number of pyridine rings is 1. The highest BCUT2D eigenvalue weighted by Crippen LogP contribution is 2.32. The first-order valence-electron chi connectivity index (χ1n) is 7.03. The lowest BCUT2D eigenvalue weighted by molar-refractivity contribution is 0.867. The van der Waals surface area contributed by atoms with Gasteiger partial charge in [0, 0.05) is 11.8 Å². The fourth-order valence-electron chi connectivity index (χ4n) is 2.50. The van der Waals surface area contributed by atoms with Crippen LogP contribution in [0.15, 0.2) is 47.8 Å². The molecule has 0 N–H and O–H groups in total. The third-order valence-electron chi connectivity index (χ3n) is 3.76. The van der Waals surface area contributed by atoms with Crippen LogP contribution in [-0.4, -0.2) is 9.38 Å². The van der Waals surface area contributed by atoms with Crippen LogP contribution in [0.2, 0.25) is 0 Å². The molecule has 0 bridgehead atoms. The maximum absolute atomic E-state index is 11.3. The van der Waals surface area contributed by atoms with E-state index in [1.165, 1.54) is 5.56 Å². The Kier molecular flexibility index (Phi) is 3.29. The van der Waals surface area contributed by atoms with Gasteiger partial charge in [-0.25, -0.2) is 4.98 Å². The number of nitrogens with zero attached hydrogens (tertiary/aromatic N) is 3. The van der Waals surface area contributed by atoms with E-state index in [2.05, 4.69) is 36.1 Å². The number of hydrogen-bond donors (Lipinski definition) is 0. The summed E-state index contributed by atoms with van der Waals surface area (Å²) < 4.78 is 1.74. The molecule has 0 fully saturated rings. The Morgan fingerprint density at radius 1 is 1.14 bits per heavy atom. The lowest BCUT2D eigenvalue weighted by Gasteiger charge is -2.05. The van der Waals surface area contributed by atoms with Crippen molar-refractivity contribution in [1.29, 1.82) is 0 Å². The molecule has 0 aliphatic rings. The first-order chi connectivity index (χ1) is 10.1. The van der Waals surface area contributed by atoms with E-state index >= 15 is 0 Å². The van der Waals surface area contributed by atoms with Crippen LogP contribution in [0.4, 0.5) is 5.82 Å². The van der Waals surface area contributed by atoms with Crippen molar-refractivity contribution in [2.24, 2.45) is 5.18 Å². The van der Waals surface area contributed by atoms with E-state index in [1.807, 2.05) is 37.4 Å². The van der Waals surface area contributed by atoms with Gasteiger partial charge in [0.2, 0.25) is 5.82 Å². The SMILES string of the molecule is Cc1cccn2c(N=O)c(-c3ccc(C(C)C)cc3)nc12. The molecule has 0 aliphatic carbocycles. The minimum atomic E-state index is 0.353. The van der Waals surface area contributed by atoms with Gasteiger partial charge in [0.1, 0.15) is 11.3 Å². The molecule has 4 heteroatoms. The quantitative estimate of drug-likeness (QED) is 0.644. The third-order valence-corrected chi connectivity index (χ3v) is 3.76. The van der Waals surface area contributed by atoms with Crippen molar-refractivity contribution in [3.8, 4) is 11.3 Å². The predicted octanol–water partition coefficient (Wildman–Crippen LogP) is 4.83. The van der Waals surface area contributed by atoms with Crippen molar-refractivity contribution in [2.45, 2.75) is 26.7 Å². The molecule has 0 radical (unpaired) electrons. The monoisotopic (exact) mass is 279 g/mol. The van der Waals surface area contributed by atoms with Gasteiger partial charge >= 0.3 is 0 Å². The minimum absolute atomic E-state index is 0.353. The zero-order valence-corrected chi connectivity index (χ0v) is 12.4. The van der Waals surface area contributed by atoms with Crippen molar-refractivity contribution < 1.29 is 0 Å². The first-order valence-corrected chi connectivity index (χ1v) is 7.03. The lowest BCUT2D eigenvalue weighted by Crippen LogP contribution is -1.87. The predicted molar refractivity (Wildman–Crippen MR) is 84.9 cm³/mol. The number of nitroso groups, excluding NO2 is 1. The van der Waals surface area contributed by atoms with E-state index in [4.69, 9.17) is 0 Å². The molecule has 1 aromatic carbocycles. The van der Waals surface area contributed by atoms with Gasteiger partial charge in [-0.2, -0.15) is 0 Å². The fourth-order valence-corrected chi connectivity index (χ4v) is 2.50. The van der Waals surface area contributed by atoms with Gasteiger partial charge in [0.05, 0.1) is 0 Å². The summed E-state index contributed by atoms with van der Waals surface area (Å²) in [6, 6.07) is 12.0. The van der Waals surface area contributed by atoms with Crippen molar-refractivity contribution in [2.75, 3.05) is 0 Å². The molecule has 0 saturated heterocycles. The topological polar surface area (TPSA) is 46.7 Å². The van der Waals surface area contributed by atoms with E-state index in [9.17, 15) is 4.91 Å². The minimum Gasteiger partial charge on any atom is -0.281 e. The molecule has 0 unspecified atom stereocenters. The Bertz CT molecular complexity index is 801. The number of fused-ring (bicyclic) bond motifs is 1. The van der Waals surface area contributed by atoms with Crippen LogP contribution in [0, 0.1) is 11.8 Å². The first kappa shape index (κ1) is 13.5.